The van der Waals surface area contributed by atoms with Gasteiger partial charge in [0.2, 0.25) is 11.8 Å². The minimum Gasteiger partial charge on any atom is -0.497 e. The second kappa shape index (κ2) is 9.01. The van der Waals surface area contributed by atoms with Crippen molar-refractivity contribution >= 4 is 11.6 Å². The van der Waals surface area contributed by atoms with Gasteiger partial charge in [0.25, 0.3) is 0 Å². The molecule has 0 atom stereocenters. The number of carbonyl (C=O) groups excluding carboxylic acids is 1. The zero-order valence-corrected chi connectivity index (χ0v) is 15.2. The van der Waals surface area contributed by atoms with Crippen LogP contribution < -0.4 is 14.8 Å². The highest BCUT2D eigenvalue weighted by Crippen LogP contribution is 2.24. The van der Waals surface area contributed by atoms with E-state index in [1.807, 2.05) is 24.3 Å². The highest BCUT2D eigenvalue weighted by atomic mass is 16.5. The maximum atomic E-state index is 11.4. The second-order valence-corrected chi connectivity index (χ2v) is 5.54. The van der Waals surface area contributed by atoms with Crippen molar-refractivity contribution in [3.63, 3.8) is 0 Å². The van der Waals surface area contributed by atoms with Gasteiger partial charge in [0.05, 0.1) is 7.11 Å². The number of hydrogen-bond donors (Lipinski definition) is 1. The second-order valence-electron chi connectivity index (χ2n) is 5.54. The van der Waals surface area contributed by atoms with Crippen molar-refractivity contribution in [1.29, 1.82) is 0 Å². The third-order valence-electron chi connectivity index (χ3n) is 3.61. The van der Waals surface area contributed by atoms with E-state index >= 15 is 0 Å². The third kappa shape index (κ3) is 4.96. The largest absolute Gasteiger partial charge is 0.497 e. The van der Waals surface area contributed by atoms with E-state index in [0.717, 1.165) is 11.3 Å². The van der Waals surface area contributed by atoms with Crippen molar-refractivity contribution in [3.8, 4) is 29.2 Å². The molecule has 0 saturated carbocycles. The van der Waals surface area contributed by atoms with Crippen LogP contribution in [0.4, 0.5) is 5.69 Å². The van der Waals surface area contributed by atoms with Crippen LogP contribution in [0.25, 0.3) is 0 Å². The molecule has 138 valence electrons. The minimum atomic E-state index is -0.301. The van der Waals surface area contributed by atoms with E-state index in [2.05, 4.69) is 33.7 Å². The van der Waals surface area contributed by atoms with Gasteiger partial charge in [0.15, 0.2) is 0 Å². The number of nitrogens with zero attached hydrogens (tertiary/aromatic N) is 2. The van der Waals surface area contributed by atoms with Crippen LogP contribution in [0.15, 0.2) is 73.7 Å². The van der Waals surface area contributed by atoms with Crippen LogP contribution in [0.2, 0.25) is 0 Å². The van der Waals surface area contributed by atoms with E-state index in [4.69, 9.17) is 9.47 Å². The Labute approximate surface area is 162 Å². The molecule has 0 fully saturated rings. The van der Waals surface area contributed by atoms with Crippen LogP contribution in [0.3, 0.4) is 0 Å². The Bertz CT molecular complexity index is 1050. The smallest absolute Gasteiger partial charge is 0.247 e. The molecular weight excluding hydrogens is 354 g/mol. The van der Waals surface area contributed by atoms with Gasteiger partial charge in [-0.1, -0.05) is 24.5 Å². The van der Waals surface area contributed by atoms with Crippen LogP contribution in [0, 0.1) is 11.8 Å². The Balaban J connectivity index is 1.81. The Kier molecular flexibility index (Phi) is 6.01. The number of aromatic nitrogens is 2. The third-order valence-corrected chi connectivity index (χ3v) is 3.61. The number of carbonyl (C=O) groups is 1. The van der Waals surface area contributed by atoms with Crippen LogP contribution in [-0.4, -0.2) is 23.0 Å². The molecule has 1 heterocycles. The first-order valence-corrected chi connectivity index (χ1v) is 8.35. The van der Waals surface area contributed by atoms with Gasteiger partial charge < -0.3 is 14.8 Å². The molecule has 6 heteroatoms. The van der Waals surface area contributed by atoms with Crippen molar-refractivity contribution in [2.24, 2.45) is 0 Å². The average Bonchev–Trinajstić information content (AvgIpc) is 2.73. The summed E-state index contributed by atoms with van der Waals surface area (Å²) in [4.78, 5) is 19.6. The normalized spacial score (nSPS) is 9.61. The van der Waals surface area contributed by atoms with Crippen LogP contribution >= 0.6 is 0 Å². The lowest BCUT2D eigenvalue weighted by Crippen LogP contribution is -2.07. The zero-order valence-electron chi connectivity index (χ0n) is 15.2. The lowest BCUT2D eigenvalue weighted by molar-refractivity contribution is -0.111. The highest BCUT2D eigenvalue weighted by Gasteiger charge is 2.06. The molecule has 28 heavy (non-hydrogen) atoms. The Morgan fingerprint density at radius 1 is 1.14 bits per heavy atom. The maximum Gasteiger partial charge on any atom is 0.247 e. The van der Waals surface area contributed by atoms with Crippen LogP contribution in [0.1, 0.15) is 11.1 Å². The van der Waals surface area contributed by atoms with Crippen molar-refractivity contribution < 1.29 is 14.3 Å². The molecule has 0 saturated heterocycles. The number of methoxy groups -OCH3 is 1. The Morgan fingerprint density at radius 2 is 1.96 bits per heavy atom. The van der Waals surface area contributed by atoms with Gasteiger partial charge in [0, 0.05) is 23.5 Å². The van der Waals surface area contributed by atoms with Crippen LogP contribution in [-0.2, 0) is 4.79 Å². The molecule has 6 nitrogen and oxygen atoms in total. The summed E-state index contributed by atoms with van der Waals surface area (Å²) in [5.74, 6) is 7.36. The SMILES string of the molecule is C=CC(=O)Nc1cccc(Oc2ncncc2C#Cc2ccc(OC)cc2)c1. The lowest BCUT2D eigenvalue weighted by atomic mass is 10.2. The van der Waals surface area contributed by atoms with Crippen molar-refractivity contribution in [1.82, 2.24) is 9.97 Å². The highest BCUT2D eigenvalue weighted by molar-refractivity contribution is 5.98. The summed E-state index contributed by atoms with van der Waals surface area (Å²) in [7, 11) is 1.61. The first-order valence-electron chi connectivity index (χ1n) is 8.35. The Hall–Kier alpha value is -4.11. The monoisotopic (exact) mass is 371 g/mol. The molecule has 2 aromatic carbocycles. The van der Waals surface area contributed by atoms with E-state index in [0.29, 0.717) is 22.9 Å². The van der Waals surface area contributed by atoms with E-state index in [1.54, 1.807) is 37.6 Å². The van der Waals surface area contributed by atoms with Gasteiger partial charge in [-0.15, -0.1) is 0 Å². The van der Waals surface area contributed by atoms with E-state index in [9.17, 15) is 4.79 Å². The van der Waals surface area contributed by atoms with E-state index < -0.39 is 0 Å². The van der Waals surface area contributed by atoms with Gasteiger partial charge in [-0.25, -0.2) is 9.97 Å². The van der Waals surface area contributed by atoms with Gasteiger partial charge in [0.1, 0.15) is 23.4 Å². The lowest BCUT2D eigenvalue weighted by Gasteiger charge is -2.08. The number of amides is 1. The molecule has 1 amide bonds. The summed E-state index contributed by atoms with van der Waals surface area (Å²) in [6.07, 6.45) is 4.17. The molecule has 3 aromatic rings. The summed E-state index contributed by atoms with van der Waals surface area (Å²) in [5, 5.41) is 2.68. The molecular formula is C22H17N3O3. The van der Waals surface area contributed by atoms with E-state index in [1.165, 1.54) is 12.4 Å². The number of anilines is 1. The number of hydrogen-bond acceptors (Lipinski definition) is 5. The van der Waals surface area contributed by atoms with Crippen molar-refractivity contribution in [3.05, 3.63) is 84.8 Å². The van der Waals surface area contributed by atoms with Gasteiger partial charge in [-0.2, -0.15) is 0 Å². The Morgan fingerprint density at radius 3 is 2.71 bits per heavy atom. The first-order chi connectivity index (χ1) is 13.7. The predicted octanol–water partition coefficient (Wildman–Crippen LogP) is 3.80. The molecule has 0 unspecified atom stereocenters. The number of nitrogens with one attached hydrogen (secondary N) is 1. The standard InChI is InChI=1S/C22H17N3O3/c1-3-21(26)25-18-5-4-6-20(13-18)28-22-17(14-23-15-24-22)10-7-16-8-11-19(27-2)12-9-16/h3-6,8-9,11-15H,1H2,2H3,(H,25,26). The summed E-state index contributed by atoms with van der Waals surface area (Å²) in [6, 6.07) is 14.4. The summed E-state index contributed by atoms with van der Waals surface area (Å²) in [5.41, 5.74) is 1.95. The molecule has 1 N–H and O–H groups in total. The fourth-order valence-electron chi connectivity index (χ4n) is 2.24. The maximum absolute atomic E-state index is 11.4. The first kappa shape index (κ1) is 18.7. The zero-order chi connectivity index (χ0) is 19.8. The van der Waals surface area contributed by atoms with Gasteiger partial charge in [-0.3, -0.25) is 4.79 Å². The summed E-state index contributed by atoms with van der Waals surface area (Å²) >= 11 is 0. The summed E-state index contributed by atoms with van der Waals surface area (Å²) < 4.78 is 11.0. The van der Waals surface area contributed by atoms with Gasteiger partial charge >= 0.3 is 0 Å². The fraction of sp³-hybridized carbons (Fsp3) is 0.0455. The quantitative estimate of drug-likeness (QED) is 0.545. The number of rotatable bonds is 5. The molecule has 3 rings (SSSR count). The summed E-state index contributed by atoms with van der Waals surface area (Å²) in [6.45, 7) is 3.43. The molecule has 0 radical (unpaired) electrons. The molecule has 0 aliphatic heterocycles. The van der Waals surface area contributed by atoms with Crippen LogP contribution in [0.5, 0.6) is 17.4 Å². The molecule has 0 spiro atoms. The molecule has 0 aliphatic carbocycles. The fourth-order valence-corrected chi connectivity index (χ4v) is 2.24. The topological polar surface area (TPSA) is 73.3 Å². The average molecular weight is 371 g/mol. The molecule has 0 aliphatic rings. The number of benzene rings is 2. The van der Waals surface area contributed by atoms with Crippen molar-refractivity contribution in [2.45, 2.75) is 0 Å². The van der Waals surface area contributed by atoms with E-state index in [-0.39, 0.29) is 5.91 Å². The molecule has 1 aromatic heterocycles. The van der Waals surface area contributed by atoms with Crippen molar-refractivity contribution in [2.75, 3.05) is 12.4 Å². The van der Waals surface area contributed by atoms with Gasteiger partial charge in [-0.05, 0) is 42.5 Å². The minimum absolute atomic E-state index is 0.301. The molecule has 0 bridgehead atoms. The number of ether oxygens (including phenoxy) is 2. The predicted molar refractivity (Wildman–Crippen MR) is 106 cm³/mol.